The summed E-state index contributed by atoms with van der Waals surface area (Å²) in [7, 11) is 0. The van der Waals surface area contributed by atoms with Gasteiger partial charge in [-0.3, -0.25) is 0 Å². The highest BCUT2D eigenvalue weighted by Gasteiger charge is 2.03. The van der Waals surface area contributed by atoms with E-state index in [0.29, 0.717) is 11.0 Å². The van der Waals surface area contributed by atoms with Crippen molar-refractivity contribution in [1.29, 1.82) is 0 Å². The van der Waals surface area contributed by atoms with Gasteiger partial charge >= 0.3 is 0 Å². The monoisotopic (exact) mass is 299 g/mol. The first-order chi connectivity index (χ1) is 8.69. The van der Waals surface area contributed by atoms with Crippen molar-refractivity contribution in [2.45, 2.75) is 11.8 Å². The highest BCUT2D eigenvalue weighted by atomic mass is 35.5. The minimum absolute atomic E-state index is 0.244. The molecule has 94 valence electrons. The van der Waals surface area contributed by atoms with Gasteiger partial charge in [-0.05, 0) is 24.0 Å². The lowest BCUT2D eigenvalue weighted by Crippen LogP contribution is -1.97. The topological polar surface area (TPSA) is 37.8 Å². The number of nitrogens with one attached hydrogen (secondary N) is 1. The van der Waals surface area contributed by atoms with Crippen molar-refractivity contribution in [1.82, 2.24) is 9.97 Å². The Hall–Kier alpha value is -0.970. The summed E-state index contributed by atoms with van der Waals surface area (Å²) in [5.74, 6) is 1.47. The third-order valence-electron chi connectivity index (χ3n) is 2.10. The van der Waals surface area contributed by atoms with E-state index in [1.165, 1.54) is 11.1 Å². The fraction of sp³-hybridized carbons (Fsp3) is 0.167. The van der Waals surface area contributed by atoms with Gasteiger partial charge < -0.3 is 5.32 Å². The maximum Gasteiger partial charge on any atom is 0.228 e. The Labute approximate surface area is 120 Å². The van der Waals surface area contributed by atoms with Crippen molar-refractivity contribution >= 4 is 46.6 Å². The van der Waals surface area contributed by atoms with E-state index in [1.807, 2.05) is 18.2 Å². The second kappa shape index (κ2) is 6.27. The van der Waals surface area contributed by atoms with Crippen LogP contribution in [0.5, 0.6) is 0 Å². The van der Waals surface area contributed by atoms with E-state index in [-0.39, 0.29) is 5.15 Å². The minimum atomic E-state index is 0.244. The number of aromatic nitrogens is 2. The molecular weight excluding hydrogens is 289 g/mol. The Bertz CT molecular complexity index is 549. The molecule has 0 radical (unpaired) electrons. The number of halogens is 2. The van der Waals surface area contributed by atoms with E-state index < -0.39 is 0 Å². The molecule has 1 aromatic carbocycles. The summed E-state index contributed by atoms with van der Waals surface area (Å²) >= 11 is 13.4. The molecule has 0 fully saturated rings. The maximum atomic E-state index is 5.83. The average molecular weight is 300 g/mol. The molecule has 0 aliphatic heterocycles. The van der Waals surface area contributed by atoms with Crippen LogP contribution in [0.1, 0.15) is 6.92 Å². The van der Waals surface area contributed by atoms with Gasteiger partial charge in [0, 0.05) is 10.6 Å². The second-order valence-electron chi connectivity index (χ2n) is 3.42. The van der Waals surface area contributed by atoms with Crippen molar-refractivity contribution in [2.75, 3.05) is 11.1 Å². The molecule has 1 heterocycles. The Kier molecular flexibility index (Phi) is 4.69. The fourth-order valence-electron chi connectivity index (χ4n) is 1.37. The summed E-state index contributed by atoms with van der Waals surface area (Å²) in [6.07, 6.45) is 1.48. The van der Waals surface area contributed by atoms with E-state index in [4.69, 9.17) is 23.2 Å². The molecule has 0 spiro atoms. The van der Waals surface area contributed by atoms with Gasteiger partial charge in [0.05, 0.1) is 11.2 Å². The first-order valence-corrected chi connectivity index (χ1v) is 7.11. The van der Waals surface area contributed by atoms with E-state index in [0.717, 1.165) is 11.4 Å². The molecule has 0 unspecified atom stereocenters. The van der Waals surface area contributed by atoms with Gasteiger partial charge in [0.25, 0.3) is 0 Å². The molecule has 3 nitrogen and oxygen atoms in total. The molecule has 18 heavy (non-hydrogen) atoms. The molecule has 0 amide bonds. The Morgan fingerprint density at radius 3 is 2.89 bits per heavy atom. The average Bonchev–Trinajstić information content (AvgIpc) is 2.35. The Morgan fingerprint density at radius 1 is 1.33 bits per heavy atom. The zero-order valence-corrected chi connectivity index (χ0v) is 12.0. The fourth-order valence-corrected chi connectivity index (χ4v) is 2.30. The summed E-state index contributed by atoms with van der Waals surface area (Å²) in [5.41, 5.74) is 0.923. The van der Waals surface area contributed by atoms with Crippen molar-refractivity contribution in [2.24, 2.45) is 0 Å². The van der Waals surface area contributed by atoms with Crippen LogP contribution < -0.4 is 5.32 Å². The number of thioether (sulfide) groups is 1. The number of nitrogens with zero attached hydrogens (tertiary/aromatic N) is 2. The van der Waals surface area contributed by atoms with E-state index in [9.17, 15) is 0 Å². The van der Waals surface area contributed by atoms with Gasteiger partial charge in [-0.15, -0.1) is 11.8 Å². The van der Waals surface area contributed by atoms with Crippen molar-refractivity contribution in [3.8, 4) is 0 Å². The number of benzene rings is 1. The zero-order chi connectivity index (χ0) is 13.0. The quantitative estimate of drug-likeness (QED) is 0.659. The predicted octanol–water partition coefficient (Wildman–Crippen LogP) is 4.64. The SMILES string of the molecule is CCSc1cccc(Nc2ncc(Cl)c(Cl)n2)c1. The number of anilines is 2. The third-order valence-corrected chi connectivity index (χ3v) is 3.64. The molecular formula is C12H11Cl2N3S. The molecule has 2 aromatic rings. The molecule has 0 bridgehead atoms. The predicted molar refractivity (Wildman–Crippen MR) is 78.2 cm³/mol. The highest BCUT2D eigenvalue weighted by molar-refractivity contribution is 7.99. The van der Waals surface area contributed by atoms with Crippen molar-refractivity contribution in [3.63, 3.8) is 0 Å². The molecule has 0 saturated heterocycles. The van der Waals surface area contributed by atoms with Crippen molar-refractivity contribution in [3.05, 3.63) is 40.6 Å². The molecule has 2 rings (SSSR count). The molecule has 0 aliphatic rings. The van der Waals surface area contributed by atoms with Crippen LogP contribution in [-0.2, 0) is 0 Å². The number of rotatable bonds is 4. The zero-order valence-electron chi connectivity index (χ0n) is 9.65. The summed E-state index contributed by atoms with van der Waals surface area (Å²) in [5, 5.41) is 3.68. The molecule has 1 N–H and O–H groups in total. The largest absolute Gasteiger partial charge is 0.324 e. The summed E-state index contributed by atoms with van der Waals surface area (Å²) in [6.45, 7) is 2.12. The summed E-state index contributed by atoms with van der Waals surface area (Å²) in [4.78, 5) is 9.31. The lowest BCUT2D eigenvalue weighted by Gasteiger charge is -2.06. The van der Waals surface area contributed by atoms with E-state index in [1.54, 1.807) is 11.8 Å². The van der Waals surface area contributed by atoms with Crippen LogP contribution in [0, 0.1) is 0 Å². The van der Waals surface area contributed by atoms with Crippen LogP contribution in [0.25, 0.3) is 0 Å². The van der Waals surface area contributed by atoms with Gasteiger partial charge in [-0.1, -0.05) is 36.2 Å². The van der Waals surface area contributed by atoms with E-state index in [2.05, 4.69) is 28.3 Å². The normalized spacial score (nSPS) is 10.4. The minimum Gasteiger partial charge on any atom is -0.324 e. The summed E-state index contributed by atoms with van der Waals surface area (Å²) < 4.78 is 0. The molecule has 6 heteroatoms. The number of hydrogen-bond acceptors (Lipinski definition) is 4. The lowest BCUT2D eigenvalue weighted by atomic mass is 10.3. The van der Waals surface area contributed by atoms with Gasteiger partial charge in [0.1, 0.15) is 0 Å². The Balaban J connectivity index is 2.17. The first-order valence-electron chi connectivity index (χ1n) is 5.37. The molecule has 1 aromatic heterocycles. The van der Waals surface area contributed by atoms with Crippen LogP contribution in [0.15, 0.2) is 35.4 Å². The Morgan fingerprint density at radius 2 is 2.17 bits per heavy atom. The van der Waals surface area contributed by atoms with Crippen LogP contribution in [0.4, 0.5) is 11.6 Å². The van der Waals surface area contributed by atoms with Gasteiger partial charge in [0.2, 0.25) is 5.95 Å². The highest BCUT2D eigenvalue weighted by Crippen LogP contribution is 2.24. The molecule has 0 saturated carbocycles. The van der Waals surface area contributed by atoms with Crippen LogP contribution in [-0.4, -0.2) is 15.7 Å². The first kappa shape index (κ1) is 13.5. The molecule has 0 atom stereocenters. The third kappa shape index (κ3) is 3.51. The molecule has 0 aliphatic carbocycles. The van der Waals surface area contributed by atoms with Crippen LogP contribution in [0.3, 0.4) is 0 Å². The smallest absolute Gasteiger partial charge is 0.228 e. The second-order valence-corrected chi connectivity index (χ2v) is 5.52. The van der Waals surface area contributed by atoms with Crippen LogP contribution in [0.2, 0.25) is 10.2 Å². The van der Waals surface area contributed by atoms with Crippen molar-refractivity contribution < 1.29 is 0 Å². The standard InChI is InChI=1S/C12H11Cl2N3S/c1-2-18-9-5-3-4-8(6-9)16-12-15-7-10(13)11(14)17-12/h3-7H,2H2,1H3,(H,15,16,17). The number of hydrogen-bond donors (Lipinski definition) is 1. The van der Waals surface area contributed by atoms with E-state index >= 15 is 0 Å². The van der Waals surface area contributed by atoms with Gasteiger partial charge in [-0.2, -0.15) is 4.98 Å². The lowest BCUT2D eigenvalue weighted by molar-refractivity contribution is 1.16. The van der Waals surface area contributed by atoms with Crippen LogP contribution >= 0.6 is 35.0 Å². The summed E-state index contributed by atoms with van der Waals surface area (Å²) in [6, 6.07) is 8.04. The van der Waals surface area contributed by atoms with Gasteiger partial charge in [-0.25, -0.2) is 4.98 Å². The van der Waals surface area contributed by atoms with Gasteiger partial charge in [0.15, 0.2) is 5.15 Å². The maximum absolute atomic E-state index is 5.83.